The van der Waals surface area contributed by atoms with E-state index in [0.29, 0.717) is 29.1 Å². The van der Waals surface area contributed by atoms with Crippen molar-refractivity contribution in [1.29, 1.82) is 0 Å². The molecule has 1 fully saturated rings. The molecule has 2 rings (SSSR count). The Morgan fingerprint density at radius 2 is 2.10 bits per heavy atom. The zero-order valence-corrected chi connectivity index (χ0v) is 13.8. The number of likely N-dealkylation sites (tertiary alicyclic amines) is 1. The SMILES string of the molecule is Cc1cc(Cl)c(C(=O)NCC(C(C)C)N2CCCC2)cn1. The third kappa shape index (κ3) is 4.17. The average Bonchev–Trinajstić information content (AvgIpc) is 2.92. The van der Waals surface area contributed by atoms with E-state index >= 15 is 0 Å². The number of carbonyl (C=O) groups is 1. The van der Waals surface area contributed by atoms with Crippen molar-refractivity contribution in [3.63, 3.8) is 0 Å². The molecule has 0 saturated carbocycles. The Bertz CT molecular complexity index is 498. The van der Waals surface area contributed by atoms with Gasteiger partial charge in [-0.05, 0) is 44.8 Å². The van der Waals surface area contributed by atoms with E-state index < -0.39 is 0 Å². The fourth-order valence-electron chi connectivity index (χ4n) is 2.85. The van der Waals surface area contributed by atoms with E-state index in [1.54, 1.807) is 12.3 Å². The van der Waals surface area contributed by atoms with Crippen molar-refractivity contribution in [1.82, 2.24) is 15.2 Å². The lowest BCUT2D eigenvalue weighted by Crippen LogP contribution is -2.45. The van der Waals surface area contributed by atoms with Crippen LogP contribution in [0.25, 0.3) is 0 Å². The third-order valence-corrected chi connectivity index (χ3v) is 4.40. The number of amides is 1. The van der Waals surface area contributed by atoms with E-state index in [1.165, 1.54) is 12.8 Å². The second-order valence-corrected chi connectivity index (χ2v) is 6.48. The van der Waals surface area contributed by atoms with Crippen LogP contribution in [0.2, 0.25) is 5.02 Å². The number of aryl methyl sites for hydroxylation is 1. The van der Waals surface area contributed by atoms with E-state index in [4.69, 9.17) is 11.6 Å². The van der Waals surface area contributed by atoms with Crippen LogP contribution >= 0.6 is 11.6 Å². The summed E-state index contributed by atoms with van der Waals surface area (Å²) in [5.74, 6) is 0.368. The number of hydrogen-bond acceptors (Lipinski definition) is 3. The molecule has 5 heteroatoms. The molecule has 1 aromatic rings. The first-order valence-corrected chi connectivity index (χ1v) is 8.01. The predicted molar refractivity (Wildman–Crippen MR) is 85.8 cm³/mol. The standard InChI is InChI=1S/C16H24ClN3O/c1-11(2)15(20-6-4-5-7-20)10-19-16(21)13-9-18-12(3)8-14(13)17/h8-9,11,15H,4-7,10H2,1-3H3,(H,19,21). The van der Waals surface area contributed by atoms with Gasteiger partial charge in [0.25, 0.3) is 5.91 Å². The fraction of sp³-hybridized carbons (Fsp3) is 0.625. The first-order chi connectivity index (χ1) is 9.99. The Hall–Kier alpha value is -1.13. The number of nitrogens with zero attached hydrogens (tertiary/aromatic N) is 2. The largest absolute Gasteiger partial charge is 0.350 e. The smallest absolute Gasteiger partial charge is 0.254 e. The van der Waals surface area contributed by atoms with Gasteiger partial charge in [-0.25, -0.2) is 0 Å². The third-order valence-electron chi connectivity index (χ3n) is 4.09. The Labute approximate surface area is 131 Å². The van der Waals surface area contributed by atoms with E-state index in [2.05, 4.69) is 29.0 Å². The quantitative estimate of drug-likeness (QED) is 0.909. The van der Waals surface area contributed by atoms with Gasteiger partial charge >= 0.3 is 0 Å². The molecule has 116 valence electrons. The number of aromatic nitrogens is 1. The first kappa shape index (κ1) is 16.2. The van der Waals surface area contributed by atoms with Crippen molar-refractivity contribution in [2.75, 3.05) is 19.6 Å². The average molecular weight is 310 g/mol. The van der Waals surface area contributed by atoms with Gasteiger partial charge in [-0.2, -0.15) is 0 Å². The van der Waals surface area contributed by atoms with Gasteiger partial charge in [-0.1, -0.05) is 25.4 Å². The predicted octanol–water partition coefficient (Wildman–Crippen LogP) is 2.89. The molecular formula is C16H24ClN3O. The molecule has 0 aromatic carbocycles. The maximum Gasteiger partial charge on any atom is 0.254 e. The van der Waals surface area contributed by atoms with Gasteiger partial charge in [0.1, 0.15) is 0 Å². The molecular weight excluding hydrogens is 286 g/mol. The molecule has 2 heterocycles. The minimum atomic E-state index is -0.141. The normalized spacial score (nSPS) is 17.2. The fourth-order valence-corrected chi connectivity index (χ4v) is 3.14. The molecule has 0 bridgehead atoms. The van der Waals surface area contributed by atoms with E-state index in [-0.39, 0.29) is 5.91 Å². The zero-order chi connectivity index (χ0) is 15.4. The number of nitrogens with one attached hydrogen (secondary N) is 1. The molecule has 0 aliphatic carbocycles. The number of rotatable bonds is 5. The lowest BCUT2D eigenvalue weighted by Gasteiger charge is -2.31. The highest BCUT2D eigenvalue weighted by Gasteiger charge is 2.25. The topological polar surface area (TPSA) is 45.2 Å². The van der Waals surface area contributed by atoms with Crippen LogP contribution in [0.1, 0.15) is 42.7 Å². The highest BCUT2D eigenvalue weighted by Crippen LogP contribution is 2.18. The summed E-state index contributed by atoms with van der Waals surface area (Å²) in [4.78, 5) is 18.9. The minimum Gasteiger partial charge on any atom is -0.350 e. The van der Waals surface area contributed by atoms with Gasteiger partial charge in [0.05, 0.1) is 10.6 Å². The number of halogens is 1. The molecule has 0 spiro atoms. The van der Waals surface area contributed by atoms with Crippen molar-refractivity contribution >= 4 is 17.5 Å². The maximum atomic E-state index is 12.3. The second kappa shape index (κ2) is 7.23. The Morgan fingerprint density at radius 3 is 2.67 bits per heavy atom. The van der Waals surface area contributed by atoms with E-state index in [9.17, 15) is 4.79 Å². The molecule has 1 atom stereocenters. The van der Waals surface area contributed by atoms with Crippen LogP contribution in [0.3, 0.4) is 0 Å². The lowest BCUT2D eigenvalue weighted by molar-refractivity contribution is 0.0927. The molecule has 1 aliphatic heterocycles. The summed E-state index contributed by atoms with van der Waals surface area (Å²) in [5, 5.41) is 3.47. The van der Waals surface area contributed by atoms with Crippen LogP contribution in [0.4, 0.5) is 0 Å². The van der Waals surface area contributed by atoms with Crippen LogP contribution in [-0.4, -0.2) is 41.5 Å². The summed E-state index contributed by atoms with van der Waals surface area (Å²) in [6, 6.07) is 2.10. The van der Waals surface area contributed by atoms with Crippen LogP contribution in [0.5, 0.6) is 0 Å². The van der Waals surface area contributed by atoms with E-state index in [0.717, 1.165) is 18.8 Å². The van der Waals surface area contributed by atoms with Gasteiger partial charge in [0.15, 0.2) is 0 Å². The Kier molecular flexibility index (Phi) is 5.59. The molecule has 1 aromatic heterocycles. The van der Waals surface area contributed by atoms with Crippen LogP contribution < -0.4 is 5.32 Å². The van der Waals surface area contributed by atoms with Crippen molar-refractivity contribution in [3.05, 3.63) is 28.5 Å². The zero-order valence-electron chi connectivity index (χ0n) is 13.0. The Balaban J connectivity index is 1.98. The molecule has 1 amide bonds. The second-order valence-electron chi connectivity index (χ2n) is 6.07. The summed E-state index contributed by atoms with van der Waals surface area (Å²) in [6.45, 7) is 9.18. The van der Waals surface area contributed by atoms with Crippen LogP contribution in [-0.2, 0) is 0 Å². The first-order valence-electron chi connectivity index (χ1n) is 7.63. The van der Waals surface area contributed by atoms with Gasteiger partial charge < -0.3 is 5.32 Å². The summed E-state index contributed by atoms with van der Waals surface area (Å²) in [5.41, 5.74) is 1.26. The number of carbonyl (C=O) groups excluding carboxylic acids is 1. The monoisotopic (exact) mass is 309 g/mol. The Morgan fingerprint density at radius 1 is 1.43 bits per heavy atom. The summed E-state index contributed by atoms with van der Waals surface area (Å²) in [6.07, 6.45) is 4.06. The highest BCUT2D eigenvalue weighted by atomic mass is 35.5. The minimum absolute atomic E-state index is 0.141. The van der Waals surface area contributed by atoms with Crippen molar-refractivity contribution in [2.45, 2.75) is 39.7 Å². The lowest BCUT2D eigenvalue weighted by atomic mass is 10.0. The number of hydrogen-bond donors (Lipinski definition) is 1. The van der Waals surface area contributed by atoms with Gasteiger partial charge in [0, 0.05) is 24.5 Å². The van der Waals surface area contributed by atoms with Crippen molar-refractivity contribution < 1.29 is 4.79 Å². The van der Waals surface area contributed by atoms with E-state index in [1.807, 2.05) is 6.92 Å². The van der Waals surface area contributed by atoms with Gasteiger partial charge in [-0.15, -0.1) is 0 Å². The maximum absolute atomic E-state index is 12.3. The number of pyridine rings is 1. The molecule has 21 heavy (non-hydrogen) atoms. The molecule has 1 saturated heterocycles. The van der Waals surface area contributed by atoms with Crippen LogP contribution in [0, 0.1) is 12.8 Å². The summed E-state index contributed by atoms with van der Waals surface area (Å²) < 4.78 is 0. The van der Waals surface area contributed by atoms with Gasteiger partial charge in [0.2, 0.25) is 0 Å². The van der Waals surface area contributed by atoms with Crippen molar-refractivity contribution in [2.24, 2.45) is 5.92 Å². The highest BCUT2D eigenvalue weighted by molar-refractivity contribution is 6.33. The summed E-state index contributed by atoms with van der Waals surface area (Å²) in [7, 11) is 0. The van der Waals surface area contributed by atoms with Crippen LogP contribution in [0.15, 0.2) is 12.3 Å². The molecule has 1 aliphatic rings. The molecule has 1 N–H and O–H groups in total. The van der Waals surface area contributed by atoms with Gasteiger partial charge in [-0.3, -0.25) is 14.7 Å². The molecule has 0 radical (unpaired) electrons. The van der Waals surface area contributed by atoms with Crippen molar-refractivity contribution in [3.8, 4) is 0 Å². The molecule has 4 nitrogen and oxygen atoms in total. The summed E-state index contributed by atoms with van der Waals surface area (Å²) >= 11 is 6.12. The molecule has 1 unspecified atom stereocenters.